The molecule has 1 saturated carbocycles. The van der Waals surface area contributed by atoms with Gasteiger partial charge in [0, 0.05) is 24.7 Å². The molecule has 0 bridgehead atoms. The topological polar surface area (TPSA) is 91.2 Å². The second-order valence-corrected chi connectivity index (χ2v) is 11.5. The Morgan fingerprint density at radius 3 is 2.34 bits per heavy atom. The molecule has 7 nitrogen and oxygen atoms in total. The van der Waals surface area contributed by atoms with Crippen molar-refractivity contribution in [2.75, 3.05) is 19.7 Å². The molecule has 2 fully saturated rings. The average Bonchev–Trinajstić information content (AvgIpc) is 3.32. The Hall–Kier alpha value is -3.35. The van der Waals surface area contributed by atoms with Crippen LogP contribution < -0.4 is 5.32 Å². The first kappa shape index (κ1) is 27.7. The largest absolute Gasteiger partial charge is 0.481 e. The molecule has 7 heteroatoms. The Bertz CT molecular complexity index is 1100. The van der Waals surface area contributed by atoms with Gasteiger partial charge < -0.3 is 20.1 Å². The first-order valence-electron chi connectivity index (χ1n) is 13.8. The Morgan fingerprint density at radius 1 is 1.03 bits per heavy atom. The second kappa shape index (κ2) is 12.5. The predicted molar refractivity (Wildman–Crippen MR) is 149 cm³/mol. The van der Waals surface area contributed by atoms with Crippen molar-refractivity contribution in [1.82, 2.24) is 10.2 Å². The monoisotopic (exact) mass is 519 g/mol. The van der Waals surface area contributed by atoms with Crippen molar-refractivity contribution >= 4 is 17.9 Å². The third-order valence-corrected chi connectivity index (χ3v) is 7.91. The molecule has 1 aliphatic carbocycles. The fraction of sp³-hybridized carbons (Fsp3) is 0.516. The summed E-state index contributed by atoms with van der Waals surface area (Å²) in [5.74, 6) is -0.473. The van der Waals surface area contributed by atoms with Crippen molar-refractivity contribution in [3.05, 3.63) is 71.3 Å². The lowest BCUT2D eigenvalue weighted by molar-refractivity contribution is -0.136. The van der Waals surface area contributed by atoms with Crippen molar-refractivity contribution in [2.45, 2.75) is 71.4 Å². The lowest BCUT2D eigenvalue weighted by Gasteiger charge is -2.41. The summed E-state index contributed by atoms with van der Waals surface area (Å²) in [7, 11) is 0. The Balaban J connectivity index is 1.48. The molecule has 0 aromatic heterocycles. The van der Waals surface area contributed by atoms with Crippen molar-refractivity contribution in [3.8, 4) is 0 Å². The molecule has 1 heterocycles. The standard InChI is InChI=1S/C31H41N3O4/c1-31(2,3)25-13-15-26(16-14-25)34-27(21-38-30(34)33-19-17-22-7-5-4-6-8-22)23-9-11-24(12-10-23)29(37)32-20-18-28(35)36/h4-12,25-27H,13-21H2,1-3H3,(H,32,37)(H,35,36)/b33-30-. The molecule has 1 unspecified atom stereocenters. The third kappa shape index (κ3) is 7.15. The van der Waals surface area contributed by atoms with Crippen LogP contribution in [0.3, 0.4) is 0 Å². The smallest absolute Gasteiger partial charge is 0.305 e. The minimum Gasteiger partial charge on any atom is -0.481 e. The molecule has 4 rings (SSSR count). The van der Waals surface area contributed by atoms with E-state index in [0.717, 1.165) is 36.8 Å². The number of amides is 1. The number of hydrogen-bond donors (Lipinski definition) is 2. The van der Waals surface area contributed by atoms with Crippen LogP contribution in [0.2, 0.25) is 0 Å². The summed E-state index contributed by atoms with van der Waals surface area (Å²) in [6.45, 7) is 8.35. The highest BCUT2D eigenvalue weighted by Crippen LogP contribution is 2.42. The summed E-state index contributed by atoms with van der Waals surface area (Å²) in [5, 5.41) is 11.5. The van der Waals surface area contributed by atoms with Gasteiger partial charge in [-0.2, -0.15) is 0 Å². The van der Waals surface area contributed by atoms with Crippen LogP contribution in [0.5, 0.6) is 0 Å². The molecular weight excluding hydrogens is 478 g/mol. The van der Waals surface area contributed by atoms with E-state index in [4.69, 9.17) is 14.8 Å². The maximum atomic E-state index is 12.4. The Labute approximate surface area is 226 Å². The summed E-state index contributed by atoms with van der Waals surface area (Å²) in [6.07, 6.45) is 5.40. The van der Waals surface area contributed by atoms with E-state index in [2.05, 4.69) is 55.3 Å². The molecule has 2 aromatic rings. The van der Waals surface area contributed by atoms with Gasteiger partial charge in [-0.1, -0.05) is 63.2 Å². The van der Waals surface area contributed by atoms with E-state index >= 15 is 0 Å². The Morgan fingerprint density at radius 2 is 1.71 bits per heavy atom. The first-order valence-corrected chi connectivity index (χ1v) is 13.8. The van der Waals surface area contributed by atoms with Gasteiger partial charge in [-0.05, 0) is 66.7 Å². The van der Waals surface area contributed by atoms with Crippen LogP contribution in [0.15, 0.2) is 59.6 Å². The molecule has 2 aliphatic rings. The van der Waals surface area contributed by atoms with Crippen LogP contribution in [0.1, 0.15) is 80.4 Å². The van der Waals surface area contributed by atoms with Crippen LogP contribution in [0, 0.1) is 11.3 Å². The van der Waals surface area contributed by atoms with Crippen molar-refractivity contribution < 1.29 is 19.4 Å². The number of hydrogen-bond acceptors (Lipinski definition) is 4. The van der Waals surface area contributed by atoms with Crippen molar-refractivity contribution in [1.29, 1.82) is 0 Å². The van der Waals surface area contributed by atoms with E-state index in [1.165, 1.54) is 18.4 Å². The molecule has 1 saturated heterocycles. The quantitative estimate of drug-likeness (QED) is 0.459. The SMILES string of the molecule is CC(C)(C)C1CCC(N2/C(=N/CCc3ccccc3)OCC2c2ccc(C(=O)NCCC(=O)O)cc2)CC1. The first-order chi connectivity index (χ1) is 18.2. The number of carboxylic acids is 1. The van der Waals surface area contributed by atoms with Gasteiger partial charge in [-0.15, -0.1) is 0 Å². The predicted octanol–water partition coefficient (Wildman–Crippen LogP) is 5.47. The minimum atomic E-state index is -0.931. The van der Waals surface area contributed by atoms with E-state index in [9.17, 15) is 9.59 Å². The number of ether oxygens (including phenoxy) is 1. The lowest BCUT2D eigenvalue weighted by atomic mass is 9.71. The van der Waals surface area contributed by atoms with Crippen molar-refractivity contribution in [2.24, 2.45) is 16.3 Å². The number of nitrogens with one attached hydrogen (secondary N) is 1. The Kier molecular flexibility index (Phi) is 9.08. The summed E-state index contributed by atoms with van der Waals surface area (Å²) in [4.78, 5) is 30.5. The number of aliphatic carboxylic acids is 1. The van der Waals surface area contributed by atoms with Gasteiger partial charge in [0.1, 0.15) is 6.61 Å². The number of nitrogens with zero attached hydrogens (tertiary/aromatic N) is 2. The second-order valence-electron chi connectivity index (χ2n) is 11.5. The van der Waals surface area contributed by atoms with E-state index in [1.54, 1.807) is 0 Å². The maximum Gasteiger partial charge on any atom is 0.305 e. The molecule has 0 spiro atoms. The van der Waals surface area contributed by atoms with E-state index in [1.807, 2.05) is 30.3 Å². The van der Waals surface area contributed by atoms with E-state index < -0.39 is 5.97 Å². The van der Waals surface area contributed by atoms with Gasteiger partial charge in [-0.25, -0.2) is 4.99 Å². The highest BCUT2D eigenvalue weighted by molar-refractivity contribution is 5.94. The summed E-state index contributed by atoms with van der Waals surface area (Å²) in [5.41, 5.74) is 3.20. The number of benzene rings is 2. The van der Waals surface area contributed by atoms with Crippen LogP contribution in [-0.4, -0.2) is 53.6 Å². The molecule has 0 radical (unpaired) electrons. The molecule has 1 aliphatic heterocycles. The zero-order valence-corrected chi connectivity index (χ0v) is 22.9. The molecule has 1 amide bonds. The van der Waals surface area contributed by atoms with Crippen LogP contribution in [0.25, 0.3) is 0 Å². The number of carboxylic acid groups (broad SMARTS) is 1. The normalized spacial score (nSPS) is 22.8. The average molecular weight is 520 g/mol. The minimum absolute atomic E-state index is 0.0470. The molecule has 1 atom stereocenters. The van der Waals surface area contributed by atoms with Gasteiger partial charge in [0.15, 0.2) is 0 Å². The highest BCUT2D eigenvalue weighted by atomic mass is 16.5. The number of carbonyl (C=O) groups is 2. The fourth-order valence-electron chi connectivity index (χ4n) is 5.62. The fourth-order valence-corrected chi connectivity index (χ4v) is 5.62. The zero-order chi connectivity index (χ0) is 27.1. The van der Waals surface area contributed by atoms with Crippen molar-refractivity contribution in [3.63, 3.8) is 0 Å². The summed E-state index contributed by atoms with van der Waals surface area (Å²) in [6, 6.07) is 19.1. The number of aliphatic imine (C=N–C) groups is 1. The lowest BCUT2D eigenvalue weighted by Crippen LogP contribution is -2.42. The molecular formula is C31H41N3O4. The van der Waals surface area contributed by atoms with Crippen LogP contribution in [-0.2, 0) is 16.0 Å². The number of amidine groups is 1. The van der Waals surface area contributed by atoms with E-state index in [0.29, 0.717) is 30.2 Å². The summed E-state index contributed by atoms with van der Waals surface area (Å²) >= 11 is 0. The molecule has 2 N–H and O–H groups in total. The van der Waals surface area contributed by atoms with Gasteiger partial charge in [0.25, 0.3) is 11.9 Å². The van der Waals surface area contributed by atoms with Gasteiger partial charge in [0.2, 0.25) is 0 Å². The zero-order valence-electron chi connectivity index (χ0n) is 22.9. The van der Waals surface area contributed by atoms with Crippen LogP contribution in [0.4, 0.5) is 0 Å². The van der Waals surface area contributed by atoms with Gasteiger partial charge >= 0.3 is 5.97 Å². The third-order valence-electron chi connectivity index (χ3n) is 7.91. The number of rotatable bonds is 9. The highest BCUT2D eigenvalue weighted by Gasteiger charge is 2.40. The van der Waals surface area contributed by atoms with Gasteiger partial charge in [0.05, 0.1) is 12.5 Å². The number of carbonyl (C=O) groups excluding carboxylic acids is 1. The van der Waals surface area contributed by atoms with Crippen LogP contribution >= 0.6 is 0 Å². The molecule has 2 aromatic carbocycles. The molecule has 204 valence electrons. The van der Waals surface area contributed by atoms with E-state index in [-0.39, 0.29) is 24.9 Å². The summed E-state index contributed by atoms with van der Waals surface area (Å²) < 4.78 is 6.21. The molecule has 38 heavy (non-hydrogen) atoms. The van der Waals surface area contributed by atoms with Gasteiger partial charge in [-0.3, -0.25) is 9.59 Å². The maximum absolute atomic E-state index is 12.4.